The lowest BCUT2D eigenvalue weighted by molar-refractivity contribution is -0.385. The van der Waals surface area contributed by atoms with Crippen LogP contribution < -0.4 is 0 Å². The molecule has 2 heterocycles. The molecule has 0 N–H and O–H groups in total. The van der Waals surface area contributed by atoms with Gasteiger partial charge in [-0.15, -0.1) is 0 Å². The fourth-order valence-corrected chi connectivity index (χ4v) is 3.69. The molecule has 2 amide bonds. The van der Waals surface area contributed by atoms with Gasteiger partial charge in [0.15, 0.2) is 0 Å². The van der Waals surface area contributed by atoms with Crippen LogP contribution in [-0.2, 0) is 9.57 Å². The molecule has 11 heteroatoms. The van der Waals surface area contributed by atoms with E-state index in [-0.39, 0.29) is 28.9 Å². The topological polar surface area (TPSA) is 120 Å². The van der Waals surface area contributed by atoms with Crippen LogP contribution in [0.4, 0.5) is 10.5 Å². The second-order valence-corrected chi connectivity index (χ2v) is 8.48. The highest BCUT2D eigenvalue weighted by molar-refractivity contribution is 5.95. The van der Waals surface area contributed by atoms with Gasteiger partial charge in [0.25, 0.3) is 0 Å². The van der Waals surface area contributed by atoms with Gasteiger partial charge in [-0.2, -0.15) is 5.10 Å². The predicted molar refractivity (Wildman–Crippen MR) is 96.5 cm³/mol. The molecule has 2 fully saturated rings. The first kappa shape index (κ1) is 20.1. The van der Waals surface area contributed by atoms with Crippen molar-refractivity contribution in [2.24, 2.45) is 5.41 Å². The van der Waals surface area contributed by atoms with E-state index in [1.165, 1.54) is 25.0 Å². The standard InChI is InChI=1S/C17H25N5O6/c1-16(2,3)28-15(24)20-9-17(10-20)6-11(7-17)21-8-12(22(25)26)13(18-21)14(23)19(4)27-5/h8,11H,6-7,9-10H2,1-5H3. The molecule has 1 saturated carbocycles. The van der Waals surface area contributed by atoms with E-state index >= 15 is 0 Å². The highest BCUT2D eigenvalue weighted by atomic mass is 16.7. The third kappa shape index (κ3) is 3.66. The van der Waals surface area contributed by atoms with Crippen LogP contribution in [0, 0.1) is 15.5 Å². The highest BCUT2D eigenvalue weighted by Gasteiger charge is 2.55. The zero-order valence-corrected chi connectivity index (χ0v) is 16.7. The monoisotopic (exact) mass is 395 g/mol. The van der Waals surface area contributed by atoms with Crippen LogP contribution in [0.1, 0.15) is 50.1 Å². The van der Waals surface area contributed by atoms with Gasteiger partial charge < -0.3 is 9.64 Å². The van der Waals surface area contributed by atoms with Gasteiger partial charge in [-0.25, -0.2) is 9.86 Å². The van der Waals surface area contributed by atoms with Crippen molar-refractivity contribution in [3.8, 4) is 0 Å². The van der Waals surface area contributed by atoms with E-state index in [1.807, 2.05) is 20.8 Å². The number of rotatable bonds is 4. The Hall–Kier alpha value is -2.69. The maximum Gasteiger partial charge on any atom is 0.410 e. The molecule has 0 aromatic carbocycles. The summed E-state index contributed by atoms with van der Waals surface area (Å²) < 4.78 is 6.84. The van der Waals surface area contributed by atoms with Crippen LogP contribution in [0.5, 0.6) is 0 Å². The fourth-order valence-electron chi connectivity index (χ4n) is 3.69. The van der Waals surface area contributed by atoms with Crippen molar-refractivity contribution in [1.29, 1.82) is 0 Å². The number of hydrogen-bond acceptors (Lipinski definition) is 7. The molecule has 154 valence electrons. The van der Waals surface area contributed by atoms with Gasteiger partial charge in [0.1, 0.15) is 11.8 Å². The third-order valence-corrected chi connectivity index (χ3v) is 5.09. The average molecular weight is 395 g/mol. The molecule has 28 heavy (non-hydrogen) atoms. The number of carbonyl (C=O) groups is 2. The van der Waals surface area contributed by atoms with E-state index in [0.717, 1.165) is 17.9 Å². The number of aromatic nitrogens is 2. The number of amides is 2. The first-order valence-corrected chi connectivity index (χ1v) is 8.98. The molecule has 0 radical (unpaired) electrons. The molecular weight excluding hydrogens is 370 g/mol. The van der Waals surface area contributed by atoms with Crippen molar-refractivity contribution in [1.82, 2.24) is 19.7 Å². The Labute approximate surface area is 162 Å². The van der Waals surface area contributed by atoms with Crippen LogP contribution in [-0.4, -0.2) is 69.5 Å². The Bertz CT molecular complexity index is 799. The lowest BCUT2D eigenvalue weighted by Crippen LogP contribution is -2.64. The van der Waals surface area contributed by atoms with Gasteiger partial charge in [-0.05, 0) is 33.6 Å². The zero-order chi connectivity index (χ0) is 20.9. The minimum Gasteiger partial charge on any atom is -0.444 e. The second-order valence-electron chi connectivity index (χ2n) is 8.48. The number of hydroxylamine groups is 2. The van der Waals surface area contributed by atoms with Crippen molar-refractivity contribution >= 4 is 17.7 Å². The summed E-state index contributed by atoms with van der Waals surface area (Å²) in [5.74, 6) is -0.679. The first-order valence-electron chi connectivity index (χ1n) is 8.98. The Morgan fingerprint density at radius 2 is 1.96 bits per heavy atom. The molecule has 3 rings (SSSR count). The van der Waals surface area contributed by atoms with Gasteiger partial charge in [-0.3, -0.25) is 24.4 Å². The molecule has 11 nitrogen and oxygen atoms in total. The van der Waals surface area contributed by atoms with Crippen molar-refractivity contribution in [2.75, 3.05) is 27.2 Å². The molecule has 1 aliphatic carbocycles. The number of nitrogens with zero attached hydrogens (tertiary/aromatic N) is 5. The van der Waals surface area contributed by atoms with Gasteiger partial charge in [0.05, 0.1) is 18.1 Å². The molecule has 0 unspecified atom stereocenters. The summed E-state index contributed by atoms with van der Waals surface area (Å²) in [5, 5.41) is 16.3. The maximum absolute atomic E-state index is 12.2. The quantitative estimate of drug-likeness (QED) is 0.565. The minimum atomic E-state index is -0.679. The van der Waals surface area contributed by atoms with Crippen LogP contribution in [0.25, 0.3) is 0 Å². The summed E-state index contributed by atoms with van der Waals surface area (Å²) in [6.07, 6.45) is 2.43. The normalized spacial score (nSPS) is 18.4. The number of ether oxygens (including phenoxy) is 1. The lowest BCUT2D eigenvalue weighted by atomic mass is 9.61. The Morgan fingerprint density at radius 1 is 1.36 bits per heavy atom. The Balaban J connectivity index is 1.63. The van der Waals surface area contributed by atoms with E-state index in [1.54, 1.807) is 4.90 Å². The Morgan fingerprint density at radius 3 is 2.46 bits per heavy atom. The second kappa shape index (κ2) is 6.73. The van der Waals surface area contributed by atoms with Crippen LogP contribution in [0.3, 0.4) is 0 Å². The largest absolute Gasteiger partial charge is 0.444 e. The van der Waals surface area contributed by atoms with E-state index in [4.69, 9.17) is 9.57 Å². The number of carbonyl (C=O) groups excluding carboxylic acids is 2. The molecule has 1 spiro atoms. The lowest BCUT2D eigenvalue weighted by Gasteiger charge is -2.58. The zero-order valence-electron chi connectivity index (χ0n) is 16.7. The molecule has 1 aromatic heterocycles. The van der Waals surface area contributed by atoms with Crippen LogP contribution >= 0.6 is 0 Å². The number of hydrogen-bond donors (Lipinski definition) is 0. The molecule has 1 saturated heterocycles. The van der Waals surface area contributed by atoms with Gasteiger partial charge in [0, 0.05) is 25.6 Å². The van der Waals surface area contributed by atoms with Crippen LogP contribution in [0.15, 0.2) is 6.20 Å². The van der Waals surface area contributed by atoms with E-state index in [0.29, 0.717) is 13.1 Å². The summed E-state index contributed by atoms with van der Waals surface area (Å²) in [7, 11) is 2.66. The van der Waals surface area contributed by atoms with E-state index < -0.39 is 16.4 Å². The third-order valence-electron chi connectivity index (χ3n) is 5.09. The maximum atomic E-state index is 12.2. The van der Waals surface area contributed by atoms with Crippen LogP contribution in [0.2, 0.25) is 0 Å². The molecular formula is C17H25N5O6. The van der Waals surface area contributed by atoms with Gasteiger partial charge >= 0.3 is 17.7 Å². The van der Waals surface area contributed by atoms with E-state index in [2.05, 4.69) is 5.10 Å². The summed E-state index contributed by atoms with van der Waals surface area (Å²) in [4.78, 5) is 41.4. The fraction of sp³-hybridized carbons (Fsp3) is 0.706. The molecule has 1 aromatic rings. The number of likely N-dealkylation sites (tertiary alicyclic amines) is 1. The minimum absolute atomic E-state index is 0.00417. The van der Waals surface area contributed by atoms with Crippen molar-refractivity contribution in [3.05, 3.63) is 22.0 Å². The van der Waals surface area contributed by atoms with Crippen molar-refractivity contribution in [3.63, 3.8) is 0 Å². The molecule has 2 aliphatic rings. The van der Waals surface area contributed by atoms with Gasteiger partial charge in [-0.1, -0.05) is 0 Å². The Kier molecular flexibility index (Phi) is 4.82. The molecule has 0 atom stereocenters. The summed E-state index contributed by atoms with van der Waals surface area (Å²) in [6, 6.07) is -0.0473. The molecule has 1 aliphatic heterocycles. The predicted octanol–water partition coefficient (Wildman–Crippen LogP) is 2.00. The molecule has 0 bridgehead atoms. The van der Waals surface area contributed by atoms with Gasteiger partial charge in [0.2, 0.25) is 5.69 Å². The summed E-state index contributed by atoms with van der Waals surface area (Å²) in [6.45, 7) is 6.67. The summed E-state index contributed by atoms with van der Waals surface area (Å²) in [5.41, 5.74) is -1.14. The highest BCUT2D eigenvalue weighted by Crippen LogP contribution is 2.54. The van der Waals surface area contributed by atoms with E-state index in [9.17, 15) is 19.7 Å². The number of nitro groups is 1. The first-order chi connectivity index (χ1) is 12.9. The summed E-state index contributed by atoms with van der Waals surface area (Å²) >= 11 is 0. The van der Waals surface area contributed by atoms with Crippen molar-refractivity contribution < 1.29 is 24.1 Å². The van der Waals surface area contributed by atoms with Crippen molar-refractivity contribution in [2.45, 2.75) is 45.3 Å². The average Bonchev–Trinajstić information content (AvgIpc) is 2.94. The smallest absolute Gasteiger partial charge is 0.410 e. The SMILES string of the molecule is CON(C)C(=O)c1nn(C2CC3(C2)CN(C(=O)OC(C)(C)C)C3)cc1[N+](=O)[O-].